The largest absolute Gasteiger partial charge is 0.480 e. The maximum absolute atomic E-state index is 5.36. The predicted molar refractivity (Wildman–Crippen MR) is 69.5 cm³/mol. The summed E-state index contributed by atoms with van der Waals surface area (Å²) in [6, 6.07) is 7.07. The molecule has 0 aliphatic heterocycles. The van der Waals surface area contributed by atoms with Crippen LogP contribution in [0, 0.1) is 0 Å². The van der Waals surface area contributed by atoms with E-state index >= 15 is 0 Å². The third-order valence-electron chi connectivity index (χ3n) is 2.41. The van der Waals surface area contributed by atoms with Crippen molar-refractivity contribution < 1.29 is 13.7 Å². The average Bonchev–Trinajstić information content (AvgIpc) is 3.07. The Kier molecular flexibility index (Phi) is 3.04. The van der Waals surface area contributed by atoms with Crippen molar-refractivity contribution in [2.24, 2.45) is 0 Å². The van der Waals surface area contributed by atoms with Gasteiger partial charge in [-0.05, 0) is 40.2 Å². The van der Waals surface area contributed by atoms with E-state index in [-0.39, 0.29) is 0 Å². The van der Waals surface area contributed by atoms with Crippen LogP contribution >= 0.6 is 15.9 Å². The Labute approximate surface area is 116 Å². The summed E-state index contributed by atoms with van der Waals surface area (Å²) in [6.45, 7) is 0. The van der Waals surface area contributed by atoms with Gasteiger partial charge in [-0.2, -0.15) is 4.98 Å². The zero-order chi connectivity index (χ0) is 13.2. The Hall–Kier alpha value is -2.15. The highest BCUT2D eigenvalue weighted by Crippen LogP contribution is 2.29. The maximum Gasteiger partial charge on any atom is 0.263 e. The lowest BCUT2D eigenvalue weighted by molar-refractivity contribution is 0.391. The molecule has 0 aromatic carbocycles. The highest BCUT2D eigenvalue weighted by Gasteiger charge is 2.16. The first-order valence-electron chi connectivity index (χ1n) is 5.36. The van der Waals surface area contributed by atoms with Gasteiger partial charge in [0.05, 0.1) is 7.11 Å². The summed E-state index contributed by atoms with van der Waals surface area (Å²) < 4.78 is 16.3. The fourth-order valence-electron chi connectivity index (χ4n) is 1.58. The van der Waals surface area contributed by atoms with E-state index in [1.54, 1.807) is 30.5 Å². The van der Waals surface area contributed by atoms with Crippen molar-refractivity contribution in [2.75, 3.05) is 7.11 Å². The van der Waals surface area contributed by atoms with Crippen LogP contribution in [0.2, 0.25) is 0 Å². The van der Waals surface area contributed by atoms with E-state index in [0.29, 0.717) is 33.6 Å². The molecule has 0 saturated carbocycles. The van der Waals surface area contributed by atoms with Crippen molar-refractivity contribution in [3.8, 4) is 28.9 Å². The quantitative estimate of drug-likeness (QED) is 0.737. The van der Waals surface area contributed by atoms with Gasteiger partial charge in [0.2, 0.25) is 11.7 Å². The summed E-state index contributed by atoms with van der Waals surface area (Å²) in [6.07, 6.45) is 1.63. The fourth-order valence-corrected chi connectivity index (χ4v) is 1.89. The maximum atomic E-state index is 5.36. The molecule has 7 heteroatoms. The van der Waals surface area contributed by atoms with Gasteiger partial charge in [-0.3, -0.25) is 0 Å². The van der Waals surface area contributed by atoms with Crippen LogP contribution in [-0.4, -0.2) is 22.2 Å². The SMILES string of the molecule is COc1ncccc1-c1nc(-c2ccc(Br)o2)no1. The summed E-state index contributed by atoms with van der Waals surface area (Å²) in [7, 11) is 1.53. The second kappa shape index (κ2) is 4.85. The Balaban J connectivity index is 2.01. The Bertz CT molecular complexity index is 708. The van der Waals surface area contributed by atoms with E-state index in [1.165, 1.54) is 7.11 Å². The van der Waals surface area contributed by atoms with Crippen LogP contribution in [0.3, 0.4) is 0 Å². The number of rotatable bonds is 3. The van der Waals surface area contributed by atoms with Crippen LogP contribution in [-0.2, 0) is 0 Å². The normalized spacial score (nSPS) is 10.6. The van der Waals surface area contributed by atoms with Crippen LogP contribution < -0.4 is 4.74 Å². The molecule has 3 aromatic rings. The summed E-state index contributed by atoms with van der Waals surface area (Å²) in [5.74, 6) is 1.64. The number of methoxy groups -OCH3 is 1. The van der Waals surface area contributed by atoms with Crippen LogP contribution in [0.1, 0.15) is 0 Å². The van der Waals surface area contributed by atoms with Gasteiger partial charge in [0, 0.05) is 6.20 Å². The van der Waals surface area contributed by atoms with E-state index in [9.17, 15) is 0 Å². The number of ether oxygens (including phenoxy) is 1. The Morgan fingerprint density at radius 1 is 1.26 bits per heavy atom. The molecule has 0 N–H and O–H groups in total. The van der Waals surface area contributed by atoms with E-state index in [1.807, 2.05) is 0 Å². The fraction of sp³-hybridized carbons (Fsp3) is 0.0833. The van der Waals surface area contributed by atoms with Crippen LogP contribution in [0.15, 0.2) is 44.1 Å². The molecule has 0 amide bonds. The first kappa shape index (κ1) is 11.9. The van der Waals surface area contributed by atoms with E-state index < -0.39 is 0 Å². The Morgan fingerprint density at radius 2 is 2.16 bits per heavy atom. The minimum Gasteiger partial charge on any atom is -0.480 e. The number of furan rings is 1. The molecule has 0 aliphatic rings. The molecule has 0 atom stereocenters. The molecule has 6 nitrogen and oxygen atoms in total. The van der Waals surface area contributed by atoms with E-state index in [0.717, 1.165) is 0 Å². The number of halogens is 1. The highest BCUT2D eigenvalue weighted by molar-refractivity contribution is 9.10. The summed E-state index contributed by atoms with van der Waals surface area (Å²) in [4.78, 5) is 8.34. The summed E-state index contributed by atoms with van der Waals surface area (Å²) in [5.41, 5.74) is 0.634. The lowest BCUT2D eigenvalue weighted by Crippen LogP contribution is -1.90. The van der Waals surface area contributed by atoms with Gasteiger partial charge in [0.25, 0.3) is 5.89 Å². The standard InChI is InChI=1S/C12H8BrN3O3/c1-17-11-7(3-2-6-14-11)12-15-10(16-19-12)8-4-5-9(13)18-8/h2-6H,1H3. The van der Waals surface area contributed by atoms with Crippen molar-refractivity contribution >= 4 is 15.9 Å². The van der Waals surface area contributed by atoms with Crippen molar-refractivity contribution in [3.05, 3.63) is 35.1 Å². The smallest absolute Gasteiger partial charge is 0.263 e. The van der Waals surface area contributed by atoms with Crippen LogP contribution in [0.5, 0.6) is 5.88 Å². The zero-order valence-corrected chi connectivity index (χ0v) is 11.4. The number of hydrogen-bond acceptors (Lipinski definition) is 6. The van der Waals surface area contributed by atoms with Crippen molar-refractivity contribution in [1.29, 1.82) is 0 Å². The molecule has 0 aliphatic carbocycles. The molecule has 0 bridgehead atoms. The molecule has 0 spiro atoms. The summed E-state index contributed by atoms with van der Waals surface area (Å²) in [5, 5.41) is 3.87. The van der Waals surface area contributed by atoms with Gasteiger partial charge in [-0.25, -0.2) is 4.98 Å². The van der Waals surface area contributed by atoms with E-state index in [4.69, 9.17) is 13.7 Å². The first-order chi connectivity index (χ1) is 9.28. The third kappa shape index (κ3) is 2.24. The van der Waals surface area contributed by atoms with Gasteiger partial charge >= 0.3 is 0 Å². The molecular formula is C12H8BrN3O3. The second-order valence-electron chi connectivity index (χ2n) is 3.59. The molecule has 96 valence electrons. The van der Waals surface area contributed by atoms with E-state index in [2.05, 4.69) is 31.1 Å². The highest BCUT2D eigenvalue weighted by atomic mass is 79.9. The first-order valence-corrected chi connectivity index (χ1v) is 6.16. The summed E-state index contributed by atoms with van der Waals surface area (Å²) >= 11 is 3.22. The van der Waals surface area contributed by atoms with Crippen molar-refractivity contribution in [1.82, 2.24) is 15.1 Å². The number of hydrogen-bond donors (Lipinski definition) is 0. The minimum atomic E-state index is 0.326. The van der Waals surface area contributed by atoms with Gasteiger partial charge in [0.15, 0.2) is 10.4 Å². The van der Waals surface area contributed by atoms with Gasteiger partial charge in [-0.15, -0.1) is 0 Å². The van der Waals surface area contributed by atoms with Crippen molar-refractivity contribution in [2.45, 2.75) is 0 Å². The van der Waals surface area contributed by atoms with Gasteiger partial charge in [-0.1, -0.05) is 5.16 Å². The monoisotopic (exact) mass is 321 g/mol. The van der Waals surface area contributed by atoms with Crippen molar-refractivity contribution in [3.63, 3.8) is 0 Å². The minimum absolute atomic E-state index is 0.326. The molecular weight excluding hydrogens is 314 g/mol. The van der Waals surface area contributed by atoms with Gasteiger partial charge < -0.3 is 13.7 Å². The zero-order valence-electron chi connectivity index (χ0n) is 9.83. The number of pyridine rings is 1. The molecule has 19 heavy (non-hydrogen) atoms. The number of aromatic nitrogens is 3. The number of nitrogens with zero attached hydrogens (tertiary/aromatic N) is 3. The molecule has 3 heterocycles. The van der Waals surface area contributed by atoms with Gasteiger partial charge in [0.1, 0.15) is 5.56 Å². The van der Waals surface area contributed by atoms with Crippen LogP contribution in [0.4, 0.5) is 0 Å². The second-order valence-corrected chi connectivity index (χ2v) is 4.37. The predicted octanol–water partition coefficient (Wildman–Crippen LogP) is 3.16. The molecule has 0 unspecified atom stereocenters. The Morgan fingerprint density at radius 3 is 2.89 bits per heavy atom. The molecule has 0 saturated heterocycles. The lowest BCUT2D eigenvalue weighted by Gasteiger charge is -2.01. The topological polar surface area (TPSA) is 74.2 Å². The molecule has 0 radical (unpaired) electrons. The molecule has 0 fully saturated rings. The van der Waals surface area contributed by atoms with Crippen LogP contribution in [0.25, 0.3) is 23.0 Å². The third-order valence-corrected chi connectivity index (χ3v) is 2.84. The lowest BCUT2D eigenvalue weighted by atomic mass is 10.2. The average molecular weight is 322 g/mol. The molecule has 3 aromatic heterocycles. The molecule has 3 rings (SSSR count).